The maximum Gasteiger partial charge on any atom is -0.00113 e. The predicted molar refractivity (Wildman–Crippen MR) is 78.9 cm³/mol. The summed E-state index contributed by atoms with van der Waals surface area (Å²) in [5, 5.41) is 0. The van der Waals surface area contributed by atoms with Crippen LogP contribution in [0.3, 0.4) is 0 Å². The Balaban J connectivity index is 4.84. The summed E-state index contributed by atoms with van der Waals surface area (Å²) in [4.78, 5) is 0. The van der Waals surface area contributed by atoms with Gasteiger partial charge in [0, 0.05) is 0 Å². The molecule has 0 bridgehead atoms. The van der Waals surface area contributed by atoms with E-state index in [9.17, 15) is 0 Å². The van der Waals surface area contributed by atoms with Gasteiger partial charge in [-0.2, -0.15) is 0 Å². The van der Waals surface area contributed by atoms with Crippen LogP contribution in [0.1, 0.15) is 47.5 Å². The highest BCUT2D eigenvalue weighted by atomic mass is 14.6. The van der Waals surface area contributed by atoms with E-state index in [4.69, 9.17) is 5.73 Å². The Labute approximate surface area is 107 Å². The third kappa shape index (κ3) is 7.17. The molecule has 0 saturated carbocycles. The lowest BCUT2D eigenvalue weighted by molar-refractivity contribution is 0.321. The number of hydrogen-bond donors (Lipinski definition) is 1. The fourth-order valence-corrected chi connectivity index (χ4v) is 2.00. The van der Waals surface area contributed by atoms with Crippen LogP contribution in [0.2, 0.25) is 0 Å². The molecule has 0 spiro atoms. The van der Waals surface area contributed by atoms with E-state index in [1.54, 1.807) is 0 Å². The molecule has 0 aromatic heterocycles. The average Bonchev–Trinajstić information content (AvgIpc) is 2.23. The Bertz CT molecular complexity index is 289. The summed E-state index contributed by atoms with van der Waals surface area (Å²) >= 11 is 0. The Hall–Kier alpha value is -0.820. The lowest BCUT2D eigenvalue weighted by Gasteiger charge is -2.26. The second-order valence-corrected chi connectivity index (χ2v) is 5.92. The molecule has 0 radical (unpaired) electrons. The zero-order valence-electron chi connectivity index (χ0n) is 12.2. The molecule has 0 aromatic carbocycles. The molecule has 0 rings (SSSR count). The van der Waals surface area contributed by atoms with Crippen molar-refractivity contribution in [2.45, 2.75) is 47.5 Å². The van der Waals surface area contributed by atoms with Gasteiger partial charge in [0.1, 0.15) is 0 Å². The number of allylic oxidation sites excluding steroid dienone is 4. The quantitative estimate of drug-likeness (QED) is 0.676. The van der Waals surface area contributed by atoms with Crippen LogP contribution in [-0.4, -0.2) is 6.54 Å². The van der Waals surface area contributed by atoms with Crippen molar-refractivity contribution in [2.75, 3.05) is 6.54 Å². The maximum atomic E-state index is 5.89. The van der Waals surface area contributed by atoms with Crippen LogP contribution in [0.5, 0.6) is 0 Å². The van der Waals surface area contributed by atoms with Crippen molar-refractivity contribution in [2.24, 2.45) is 17.1 Å². The van der Waals surface area contributed by atoms with E-state index in [1.165, 1.54) is 11.1 Å². The van der Waals surface area contributed by atoms with E-state index >= 15 is 0 Å². The average molecular weight is 235 g/mol. The molecule has 2 N–H and O–H groups in total. The molecule has 0 aliphatic heterocycles. The van der Waals surface area contributed by atoms with Crippen molar-refractivity contribution in [1.82, 2.24) is 0 Å². The topological polar surface area (TPSA) is 26.0 Å². The largest absolute Gasteiger partial charge is 0.330 e. The fraction of sp³-hybridized carbons (Fsp3) is 0.625. The van der Waals surface area contributed by atoms with Crippen LogP contribution in [-0.2, 0) is 0 Å². The van der Waals surface area contributed by atoms with Crippen LogP contribution >= 0.6 is 0 Å². The van der Waals surface area contributed by atoms with Crippen LogP contribution in [0.15, 0.2) is 36.0 Å². The Morgan fingerprint density at radius 1 is 1.35 bits per heavy atom. The summed E-state index contributed by atoms with van der Waals surface area (Å²) in [6.45, 7) is 15.6. The van der Waals surface area contributed by atoms with Crippen molar-refractivity contribution in [3.8, 4) is 0 Å². The summed E-state index contributed by atoms with van der Waals surface area (Å²) < 4.78 is 0. The van der Waals surface area contributed by atoms with Crippen molar-refractivity contribution in [3.05, 3.63) is 36.0 Å². The highest BCUT2D eigenvalue weighted by molar-refractivity contribution is 5.27. The first-order chi connectivity index (χ1) is 7.84. The van der Waals surface area contributed by atoms with Gasteiger partial charge in [0.25, 0.3) is 0 Å². The van der Waals surface area contributed by atoms with E-state index < -0.39 is 0 Å². The second kappa shape index (κ2) is 7.50. The summed E-state index contributed by atoms with van der Waals surface area (Å²) in [5.74, 6) is 0.481. The molecule has 1 atom stereocenters. The molecule has 17 heavy (non-hydrogen) atoms. The number of nitrogens with two attached hydrogens (primary N) is 1. The maximum absolute atomic E-state index is 5.89. The molecule has 1 unspecified atom stereocenters. The van der Waals surface area contributed by atoms with E-state index in [-0.39, 0.29) is 0 Å². The minimum absolute atomic E-state index is 0.327. The molecule has 0 saturated heterocycles. The molecule has 1 heteroatoms. The van der Waals surface area contributed by atoms with Gasteiger partial charge < -0.3 is 5.73 Å². The summed E-state index contributed by atoms with van der Waals surface area (Å²) in [6, 6.07) is 0. The Morgan fingerprint density at radius 3 is 2.29 bits per heavy atom. The first-order valence-corrected chi connectivity index (χ1v) is 6.54. The molecule has 0 heterocycles. The predicted octanol–water partition coefficient (Wildman–Crippen LogP) is 4.47. The van der Waals surface area contributed by atoms with E-state index in [1.807, 2.05) is 6.08 Å². The van der Waals surface area contributed by atoms with Gasteiger partial charge in [0.2, 0.25) is 0 Å². The number of hydrogen-bond acceptors (Lipinski definition) is 1. The van der Waals surface area contributed by atoms with Gasteiger partial charge in [-0.3, -0.25) is 0 Å². The van der Waals surface area contributed by atoms with Crippen molar-refractivity contribution >= 4 is 0 Å². The minimum Gasteiger partial charge on any atom is -0.330 e. The SMILES string of the molecule is C=C/C=C(\C=C(/C)C(CN)CC(C)(C)C)CC. The Morgan fingerprint density at radius 2 is 1.94 bits per heavy atom. The molecule has 1 nitrogen and oxygen atoms in total. The van der Waals surface area contributed by atoms with Crippen molar-refractivity contribution < 1.29 is 0 Å². The second-order valence-electron chi connectivity index (χ2n) is 5.92. The standard InChI is InChI=1S/C16H29N/c1-7-9-14(8-2)10-13(3)15(12-17)11-16(4,5)6/h7,9-10,15H,1,8,11-12,17H2,2-6H3/b13-10+,14-9-. The first kappa shape index (κ1) is 16.2. The summed E-state index contributed by atoms with van der Waals surface area (Å²) in [5.41, 5.74) is 8.93. The molecule has 0 fully saturated rings. The molecule has 0 aliphatic carbocycles. The fourth-order valence-electron chi connectivity index (χ4n) is 2.00. The van der Waals surface area contributed by atoms with Gasteiger partial charge in [0.15, 0.2) is 0 Å². The highest BCUT2D eigenvalue weighted by Gasteiger charge is 2.18. The molecule has 0 amide bonds. The minimum atomic E-state index is 0.327. The first-order valence-electron chi connectivity index (χ1n) is 6.54. The van der Waals surface area contributed by atoms with Gasteiger partial charge in [0.05, 0.1) is 0 Å². The van der Waals surface area contributed by atoms with Gasteiger partial charge in [-0.25, -0.2) is 0 Å². The third-order valence-electron chi connectivity index (χ3n) is 2.94. The lowest BCUT2D eigenvalue weighted by atomic mass is 9.81. The molecule has 0 aromatic rings. The van der Waals surface area contributed by atoms with Crippen molar-refractivity contribution in [3.63, 3.8) is 0 Å². The van der Waals surface area contributed by atoms with Crippen LogP contribution in [0.25, 0.3) is 0 Å². The zero-order chi connectivity index (χ0) is 13.5. The monoisotopic (exact) mass is 235 g/mol. The van der Waals surface area contributed by atoms with Crippen molar-refractivity contribution in [1.29, 1.82) is 0 Å². The van der Waals surface area contributed by atoms with Gasteiger partial charge in [-0.05, 0) is 43.2 Å². The smallest absolute Gasteiger partial charge is 0.00113 e. The van der Waals surface area contributed by atoms with Gasteiger partial charge in [-0.1, -0.05) is 58.1 Å². The van der Waals surface area contributed by atoms with Gasteiger partial charge >= 0.3 is 0 Å². The summed E-state index contributed by atoms with van der Waals surface area (Å²) in [6.07, 6.45) is 8.37. The van der Waals surface area contributed by atoms with Gasteiger partial charge in [-0.15, -0.1) is 0 Å². The zero-order valence-corrected chi connectivity index (χ0v) is 12.2. The lowest BCUT2D eigenvalue weighted by Crippen LogP contribution is -2.22. The third-order valence-corrected chi connectivity index (χ3v) is 2.94. The molecule has 98 valence electrons. The van der Waals surface area contributed by atoms with E-state index in [0.29, 0.717) is 11.3 Å². The normalized spacial score (nSPS) is 15.9. The van der Waals surface area contributed by atoms with Crippen LogP contribution < -0.4 is 5.73 Å². The Kier molecular flexibility index (Phi) is 7.13. The molecular weight excluding hydrogens is 206 g/mol. The van der Waals surface area contributed by atoms with E-state index in [2.05, 4.69) is 53.3 Å². The van der Waals surface area contributed by atoms with E-state index in [0.717, 1.165) is 19.4 Å². The molecular formula is C16H29N. The summed E-state index contributed by atoms with van der Waals surface area (Å²) in [7, 11) is 0. The highest BCUT2D eigenvalue weighted by Crippen LogP contribution is 2.28. The number of rotatable bonds is 6. The van der Waals surface area contributed by atoms with Crippen LogP contribution in [0, 0.1) is 11.3 Å². The van der Waals surface area contributed by atoms with Crippen LogP contribution in [0.4, 0.5) is 0 Å². The molecule has 0 aliphatic rings.